The topological polar surface area (TPSA) is 74.2 Å². The number of nitrogens with zero attached hydrogens (tertiary/aromatic N) is 5. The number of likely N-dealkylation sites (N-methyl/N-ethyl adjacent to an activating group) is 1. The summed E-state index contributed by atoms with van der Waals surface area (Å²) in [6.07, 6.45) is 0. The van der Waals surface area contributed by atoms with Gasteiger partial charge in [0.25, 0.3) is 0 Å². The zero-order valence-corrected chi connectivity index (χ0v) is 15.4. The summed E-state index contributed by atoms with van der Waals surface area (Å²) in [6.45, 7) is 7.11. The second-order valence-electron chi connectivity index (χ2n) is 5.78. The fourth-order valence-corrected chi connectivity index (χ4v) is 3.56. The maximum Gasteiger partial charge on any atom is 0.232 e. The number of rotatable bonds is 4. The largest absolute Gasteiger partial charge is 0.354 e. The number of Topliss-reactive ketones (excluding diaryl/α,β-unsaturated/α-hetero) is 1. The molecule has 1 saturated heterocycles. The Labute approximate surface area is 149 Å². The Morgan fingerprint density at radius 2 is 1.96 bits per heavy atom. The van der Waals surface area contributed by atoms with Crippen LogP contribution in [0.15, 0.2) is 6.07 Å². The lowest BCUT2D eigenvalue weighted by Crippen LogP contribution is -2.44. The summed E-state index contributed by atoms with van der Waals surface area (Å²) in [4.78, 5) is 29.8. The van der Waals surface area contributed by atoms with Crippen LogP contribution in [0, 0.1) is 6.92 Å². The first kappa shape index (κ1) is 17.1. The monoisotopic (exact) mass is 366 g/mol. The molecule has 0 bridgehead atoms. The third kappa shape index (κ3) is 3.82. The van der Waals surface area contributed by atoms with Crippen molar-refractivity contribution in [2.24, 2.45) is 0 Å². The van der Waals surface area contributed by atoms with Crippen LogP contribution in [0.3, 0.4) is 0 Å². The number of nitrogens with one attached hydrogen (secondary N) is 1. The van der Waals surface area contributed by atoms with E-state index in [0.717, 1.165) is 32.0 Å². The molecular weight excluding hydrogens is 348 g/mol. The maximum atomic E-state index is 11.6. The molecule has 9 heteroatoms. The summed E-state index contributed by atoms with van der Waals surface area (Å²) in [6, 6.07) is 1.77. The van der Waals surface area contributed by atoms with E-state index in [9.17, 15) is 4.79 Å². The summed E-state index contributed by atoms with van der Waals surface area (Å²) < 4.78 is 0. The highest BCUT2D eigenvalue weighted by atomic mass is 35.5. The van der Waals surface area contributed by atoms with Crippen molar-refractivity contribution in [2.75, 3.05) is 43.4 Å². The van der Waals surface area contributed by atoms with Crippen molar-refractivity contribution >= 4 is 45.6 Å². The van der Waals surface area contributed by atoms with Gasteiger partial charge in [-0.15, -0.1) is 0 Å². The van der Waals surface area contributed by atoms with Crippen LogP contribution in [0.25, 0.3) is 0 Å². The quantitative estimate of drug-likeness (QED) is 0.658. The van der Waals surface area contributed by atoms with Crippen molar-refractivity contribution in [3.05, 3.63) is 21.8 Å². The highest BCUT2D eigenvalue weighted by Gasteiger charge is 2.18. The van der Waals surface area contributed by atoms with Gasteiger partial charge in [0.05, 0.1) is 10.6 Å². The summed E-state index contributed by atoms with van der Waals surface area (Å²) in [5.74, 6) is 1.19. The number of piperazine rings is 1. The van der Waals surface area contributed by atoms with Gasteiger partial charge in [0, 0.05) is 39.2 Å². The predicted octanol–water partition coefficient (Wildman–Crippen LogP) is 2.59. The van der Waals surface area contributed by atoms with Gasteiger partial charge in [0.1, 0.15) is 11.0 Å². The minimum absolute atomic E-state index is 0.00295. The highest BCUT2D eigenvalue weighted by molar-refractivity contribution is 7.17. The van der Waals surface area contributed by atoms with Gasteiger partial charge in [0.2, 0.25) is 5.95 Å². The number of hydrogen-bond donors (Lipinski definition) is 1. The molecule has 1 fully saturated rings. The number of halogens is 1. The van der Waals surface area contributed by atoms with Crippen LogP contribution in [-0.4, -0.2) is 58.9 Å². The summed E-state index contributed by atoms with van der Waals surface area (Å²) in [5, 5.41) is 4.02. The number of carbonyl (C=O) groups is 1. The third-order valence-electron chi connectivity index (χ3n) is 3.84. The zero-order valence-electron chi connectivity index (χ0n) is 13.8. The number of hydrogen-bond acceptors (Lipinski definition) is 8. The molecule has 0 aliphatic carbocycles. The SMILES string of the molecule is CC(=O)c1sc(Nc2nc(Cl)cc(N3CCN(C)CC3)n2)nc1C. The van der Waals surface area contributed by atoms with Crippen molar-refractivity contribution in [3.8, 4) is 0 Å². The highest BCUT2D eigenvalue weighted by Crippen LogP contribution is 2.26. The molecule has 0 saturated carbocycles. The number of aromatic nitrogens is 3. The van der Waals surface area contributed by atoms with E-state index < -0.39 is 0 Å². The van der Waals surface area contributed by atoms with Crippen LogP contribution in [0.4, 0.5) is 16.9 Å². The predicted molar refractivity (Wildman–Crippen MR) is 96.9 cm³/mol. The van der Waals surface area contributed by atoms with Crippen LogP contribution in [0.1, 0.15) is 22.3 Å². The van der Waals surface area contributed by atoms with Crippen LogP contribution >= 0.6 is 22.9 Å². The van der Waals surface area contributed by atoms with Crippen LogP contribution in [0.2, 0.25) is 5.15 Å². The molecule has 128 valence electrons. The number of ketones is 1. The Hall–Kier alpha value is -1.77. The van der Waals surface area contributed by atoms with E-state index in [1.165, 1.54) is 18.3 Å². The Balaban J connectivity index is 1.81. The van der Waals surface area contributed by atoms with Crippen LogP contribution in [-0.2, 0) is 0 Å². The van der Waals surface area contributed by atoms with E-state index in [1.807, 2.05) is 6.92 Å². The standard InChI is InChI=1S/C15H19ClN6OS/c1-9-13(10(2)23)24-15(17-9)20-14-18-11(16)8-12(19-14)22-6-4-21(3)5-7-22/h8H,4-7H2,1-3H3,(H,17,18,19,20). The molecule has 1 aliphatic rings. The first-order chi connectivity index (χ1) is 11.4. The summed E-state index contributed by atoms with van der Waals surface area (Å²) in [5.41, 5.74) is 0.705. The average molecular weight is 367 g/mol. The van der Waals surface area contributed by atoms with Crippen molar-refractivity contribution in [2.45, 2.75) is 13.8 Å². The minimum Gasteiger partial charge on any atom is -0.354 e. The van der Waals surface area contributed by atoms with Crippen molar-refractivity contribution < 1.29 is 4.79 Å². The molecule has 0 unspecified atom stereocenters. The maximum absolute atomic E-state index is 11.6. The van der Waals surface area contributed by atoms with E-state index in [2.05, 4.69) is 37.1 Å². The molecule has 24 heavy (non-hydrogen) atoms. The Morgan fingerprint density at radius 3 is 2.58 bits per heavy atom. The fourth-order valence-electron chi connectivity index (χ4n) is 2.53. The molecule has 0 amide bonds. The summed E-state index contributed by atoms with van der Waals surface area (Å²) >= 11 is 7.45. The lowest BCUT2D eigenvalue weighted by molar-refractivity contribution is 0.102. The van der Waals surface area contributed by atoms with E-state index in [1.54, 1.807) is 6.07 Å². The first-order valence-electron chi connectivity index (χ1n) is 7.66. The van der Waals surface area contributed by atoms with Crippen molar-refractivity contribution in [1.82, 2.24) is 19.9 Å². The van der Waals surface area contributed by atoms with Crippen LogP contribution in [0.5, 0.6) is 0 Å². The van der Waals surface area contributed by atoms with E-state index in [0.29, 0.717) is 26.8 Å². The lowest BCUT2D eigenvalue weighted by atomic mass is 10.3. The number of thiazole rings is 1. The fraction of sp³-hybridized carbons (Fsp3) is 0.467. The number of aryl methyl sites for hydroxylation is 1. The van der Waals surface area contributed by atoms with Gasteiger partial charge in [-0.1, -0.05) is 22.9 Å². The molecule has 7 nitrogen and oxygen atoms in total. The molecule has 0 radical (unpaired) electrons. The lowest BCUT2D eigenvalue weighted by Gasteiger charge is -2.33. The minimum atomic E-state index is 0.00295. The molecule has 1 aliphatic heterocycles. The summed E-state index contributed by atoms with van der Waals surface area (Å²) in [7, 11) is 2.11. The number of anilines is 3. The molecule has 2 aromatic rings. The van der Waals surface area contributed by atoms with Crippen molar-refractivity contribution in [3.63, 3.8) is 0 Å². The van der Waals surface area contributed by atoms with Gasteiger partial charge in [-0.25, -0.2) is 9.97 Å². The second-order valence-corrected chi connectivity index (χ2v) is 7.16. The second kappa shape index (κ2) is 7.00. The van der Waals surface area contributed by atoms with Gasteiger partial charge >= 0.3 is 0 Å². The average Bonchev–Trinajstić information content (AvgIpc) is 2.88. The molecule has 3 rings (SSSR count). The van der Waals surface area contributed by atoms with E-state index in [4.69, 9.17) is 11.6 Å². The van der Waals surface area contributed by atoms with E-state index in [-0.39, 0.29) is 5.78 Å². The van der Waals surface area contributed by atoms with Gasteiger partial charge in [-0.3, -0.25) is 10.1 Å². The van der Waals surface area contributed by atoms with Gasteiger partial charge in [-0.2, -0.15) is 4.98 Å². The molecule has 3 heterocycles. The number of carbonyl (C=O) groups excluding carboxylic acids is 1. The van der Waals surface area contributed by atoms with E-state index >= 15 is 0 Å². The van der Waals surface area contributed by atoms with Gasteiger partial charge in [0.15, 0.2) is 10.9 Å². The normalized spacial score (nSPS) is 15.6. The molecule has 0 aromatic carbocycles. The smallest absolute Gasteiger partial charge is 0.232 e. The Bertz CT molecular complexity index is 756. The molecular formula is C15H19ClN6OS. The molecule has 2 aromatic heterocycles. The first-order valence-corrected chi connectivity index (χ1v) is 8.85. The third-order valence-corrected chi connectivity index (χ3v) is 5.21. The van der Waals surface area contributed by atoms with Gasteiger partial charge in [-0.05, 0) is 14.0 Å². The Kier molecular flexibility index (Phi) is 4.98. The molecule has 1 N–H and O–H groups in total. The zero-order chi connectivity index (χ0) is 17.3. The molecule has 0 atom stereocenters. The molecule has 0 spiro atoms. The Morgan fingerprint density at radius 1 is 1.25 bits per heavy atom. The van der Waals surface area contributed by atoms with Crippen molar-refractivity contribution in [1.29, 1.82) is 0 Å². The van der Waals surface area contributed by atoms with Gasteiger partial charge < -0.3 is 9.80 Å². The van der Waals surface area contributed by atoms with Crippen LogP contribution < -0.4 is 10.2 Å².